The van der Waals surface area contributed by atoms with Crippen LogP contribution in [0.25, 0.3) is 0 Å². The lowest BCUT2D eigenvalue weighted by atomic mass is 9.89. The fourth-order valence-corrected chi connectivity index (χ4v) is 3.29. The molecule has 0 aromatic carbocycles. The van der Waals surface area contributed by atoms with E-state index < -0.39 is 5.41 Å². The van der Waals surface area contributed by atoms with Gasteiger partial charge in [-0.25, -0.2) is 0 Å². The summed E-state index contributed by atoms with van der Waals surface area (Å²) in [5.74, 6) is -0.143. The van der Waals surface area contributed by atoms with Crippen LogP contribution in [0.1, 0.15) is 52.4 Å². The van der Waals surface area contributed by atoms with E-state index in [9.17, 15) is 9.59 Å². The van der Waals surface area contributed by atoms with Crippen LogP contribution in [0.4, 0.5) is 0 Å². The van der Waals surface area contributed by atoms with E-state index in [0.717, 1.165) is 39.0 Å². The van der Waals surface area contributed by atoms with Crippen LogP contribution in [0, 0.1) is 5.41 Å². The van der Waals surface area contributed by atoms with E-state index in [2.05, 4.69) is 17.3 Å². The topological polar surface area (TPSA) is 52.7 Å². The smallest absolute Gasteiger partial charge is 0.237 e. The van der Waals surface area contributed by atoms with E-state index in [1.54, 1.807) is 13.8 Å². The zero-order valence-corrected chi connectivity index (χ0v) is 14.4. The van der Waals surface area contributed by atoms with Crippen molar-refractivity contribution in [2.45, 2.75) is 58.4 Å². The van der Waals surface area contributed by atoms with Crippen molar-refractivity contribution in [2.24, 2.45) is 5.41 Å². The lowest BCUT2D eigenvalue weighted by molar-refractivity contribution is -0.150. The third-order valence-electron chi connectivity index (χ3n) is 5.08. The van der Waals surface area contributed by atoms with Crippen LogP contribution in [0.5, 0.6) is 0 Å². The molecule has 0 aromatic rings. The summed E-state index contributed by atoms with van der Waals surface area (Å²) in [6, 6.07) is 0.245. The van der Waals surface area contributed by atoms with Gasteiger partial charge in [0.15, 0.2) is 0 Å². The van der Waals surface area contributed by atoms with Gasteiger partial charge in [0.25, 0.3) is 0 Å². The summed E-state index contributed by atoms with van der Waals surface area (Å²) in [7, 11) is 2.06. The Bertz CT molecular complexity index is 393. The SMILES string of the molecule is CN1CCN(C(=O)C(C)(C)C(=O)NC2CCCCCC2)CC1. The molecule has 0 atom stereocenters. The molecule has 2 aliphatic rings. The molecule has 126 valence electrons. The van der Waals surface area contributed by atoms with Crippen molar-refractivity contribution >= 4 is 11.8 Å². The van der Waals surface area contributed by atoms with Gasteiger partial charge in [-0.2, -0.15) is 0 Å². The highest BCUT2D eigenvalue weighted by atomic mass is 16.2. The lowest BCUT2D eigenvalue weighted by Gasteiger charge is -2.37. The van der Waals surface area contributed by atoms with Gasteiger partial charge < -0.3 is 15.1 Å². The van der Waals surface area contributed by atoms with Crippen LogP contribution in [-0.4, -0.2) is 60.9 Å². The van der Waals surface area contributed by atoms with Crippen molar-refractivity contribution in [3.8, 4) is 0 Å². The van der Waals surface area contributed by atoms with E-state index in [1.807, 2.05) is 4.90 Å². The highest BCUT2D eigenvalue weighted by Crippen LogP contribution is 2.23. The minimum Gasteiger partial charge on any atom is -0.352 e. The van der Waals surface area contributed by atoms with Crippen LogP contribution in [-0.2, 0) is 9.59 Å². The van der Waals surface area contributed by atoms with Gasteiger partial charge in [-0.1, -0.05) is 25.7 Å². The minimum absolute atomic E-state index is 0.0354. The van der Waals surface area contributed by atoms with Crippen LogP contribution in [0.3, 0.4) is 0 Å². The van der Waals surface area contributed by atoms with Crippen LogP contribution >= 0.6 is 0 Å². The number of hydrogen-bond donors (Lipinski definition) is 1. The molecule has 1 saturated carbocycles. The fraction of sp³-hybridized carbons (Fsp3) is 0.882. The van der Waals surface area contributed by atoms with E-state index in [0.29, 0.717) is 0 Å². The van der Waals surface area contributed by atoms with Crippen molar-refractivity contribution < 1.29 is 9.59 Å². The molecule has 2 amide bonds. The first-order valence-corrected chi connectivity index (χ1v) is 8.70. The molecule has 0 radical (unpaired) electrons. The summed E-state index contributed by atoms with van der Waals surface area (Å²) in [6.45, 7) is 6.72. The molecule has 1 aliphatic heterocycles. The molecule has 2 rings (SSSR count). The first-order chi connectivity index (χ1) is 10.4. The number of rotatable bonds is 3. The number of nitrogens with zero attached hydrogens (tertiary/aromatic N) is 2. The second-order valence-corrected chi connectivity index (χ2v) is 7.38. The third kappa shape index (κ3) is 4.22. The molecule has 0 unspecified atom stereocenters. The summed E-state index contributed by atoms with van der Waals surface area (Å²) in [5.41, 5.74) is -0.970. The average Bonchev–Trinajstić information content (AvgIpc) is 2.76. The van der Waals surface area contributed by atoms with Gasteiger partial charge in [0.2, 0.25) is 11.8 Å². The molecular formula is C17H31N3O2. The highest BCUT2D eigenvalue weighted by molar-refractivity contribution is 6.04. The number of nitrogens with one attached hydrogen (secondary N) is 1. The Balaban J connectivity index is 1.92. The lowest BCUT2D eigenvalue weighted by Crippen LogP contribution is -2.55. The Morgan fingerprint density at radius 1 is 0.955 bits per heavy atom. The van der Waals surface area contributed by atoms with Gasteiger partial charge in [0, 0.05) is 32.2 Å². The van der Waals surface area contributed by atoms with E-state index in [1.165, 1.54) is 25.7 Å². The van der Waals surface area contributed by atoms with Gasteiger partial charge in [-0.15, -0.1) is 0 Å². The Hall–Kier alpha value is -1.10. The molecule has 1 saturated heterocycles. The number of carbonyl (C=O) groups excluding carboxylic acids is 2. The van der Waals surface area contributed by atoms with Gasteiger partial charge in [-0.05, 0) is 33.7 Å². The number of amides is 2. The standard InChI is InChI=1S/C17H31N3O2/c1-17(2,16(22)20-12-10-19(3)11-13-20)15(21)18-14-8-6-4-5-7-9-14/h14H,4-13H2,1-3H3,(H,18,21). The summed E-state index contributed by atoms with van der Waals surface area (Å²) in [5, 5.41) is 3.13. The zero-order valence-electron chi connectivity index (χ0n) is 14.4. The molecule has 2 fully saturated rings. The fourth-order valence-electron chi connectivity index (χ4n) is 3.29. The van der Waals surface area contributed by atoms with E-state index in [4.69, 9.17) is 0 Å². The van der Waals surface area contributed by atoms with E-state index >= 15 is 0 Å². The second-order valence-electron chi connectivity index (χ2n) is 7.38. The molecule has 0 bridgehead atoms. The monoisotopic (exact) mass is 309 g/mol. The zero-order chi connectivity index (χ0) is 16.2. The van der Waals surface area contributed by atoms with Gasteiger partial charge >= 0.3 is 0 Å². The number of piperazine rings is 1. The predicted octanol–water partition coefficient (Wildman–Crippen LogP) is 1.63. The molecule has 5 nitrogen and oxygen atoms in total. The van der Waals surface area contributed by atoms with Gasteiger partial charge in [-0.3, -0.25) is 9.59 Å². The molecule has 0 spiro atoms. The Labute approximate surface area is 134 Å². The number of carbonyl (C=O) groups is 2. The molecule has 0 aromatic heterocycles. The quantitative estimate of drug-likeness (QED) is 0.637. The van der Waals surface area contributed by atoms with Crippen molar-refractivity contribution in [3.05, 3.63) is 0 Å². The first kappa shape index (κ1) is 17.3. The maximum absolute atomic E-state index is 12.7. The molecule has 1 N–H and O–H groups in total. The molecule has 22 heavy (non-hydrogen) atoms. The normalized spacial score (nSPS) is 22.2. The molecule has 1 aliphatic carbocycles. The van der Waals surface area contributed by atoms with Crippen molar-refractivity contribution in [2.75, 3.05) is 33.2 Å². The van der Waals surface area contributed by atoms with E-state index in [-0.39, 0.29) is 17.9 Å². The maximum atomic E-state index is 12.7. The van der Waals surface area contributed by atoms with Gasteiger partial charge in [0.05, 0.1) is 0 Å². The Kier molecular flexibility index (Phi) is 5.84. The van der Waals surface area contributed by atoms with Crippen molar-refractivity contribution in [3.63, 3.8) is 0 Å². The minimum atomic E-state index is -0.970. The van der Waals surface area contributed by atoms with Crippen LogP contribution in [0.2, 0.25) is 0 Å². The van der Waals surface area contributed by atoms with Crippen LogP contribution < -0.4 is 5.32 Å². The van der Waals surface area contributed by atoms with Crippen molar-refractivity contribution in [1.29, 1.82) is 0 Å². The van der Waals surface area contributed by atoms with Crippen molar-refractivity contribution in [1.82, 2.24) is 15.1 Å². The molecular weight excluding hydrogens is 278 g/mol. The molecule has 1 heterocycles. The number of hydrogen-bond acceptors (Lipinski definition) is 3. The highest BCUT2D eigenvalue weighted by Gasteiger charge is 2.40. The third-order valence-corrected chi connectivity index (χ3v) is 5.08. The van der Waals surface area contributed by atoms with Crippen LogP contribution in [0.15, 0.2) is 0 Å². The summed E-state index contributed by atoms with van der Waals surface area (Å²) < 4.78 is 0. The average molecular weight is 309 g/mol. The molecule has 5 heteroatoms. The van der Waals surface area contributed by atoms with Gasteiger partial charge in [0.1, 0.15) is 5.41 Å². The number of likely N-dealkylation sites (N-methyl/N-ethyl adjacent to an activating group) is 1. The summed E-state index contributed by atoms with van der Waals surface area (Å²) in [6.07, 6.45) is 6.97. The second kappa shape index (κ2) is 7.44. The maximum Gasteiger partial charge on any atom is 0.237 e. The summed E-state index contributed by atoms with van der Waals surface area (Å²) in [4.78, 5) is 29.4. The summed E-state index contributed by atoms with van der Waals surface area (Å²) >= 11 is 0. The Morgan fingerprint density at radius 3 is 2.05 bits per heavy atom. The Morgan fingerprint density at radius 2 is 1.50 bits per heavy atom. The first-order valence-electron chi connectivity index (χ1n) is 8.70. The largest absolute Gasteiger partial charge is 0.352 e. The predicted molar refractivity (Wildman–Crippen MR) is 87.5 cm³/mol.